The van der Waals surface area contributed by atoms with Crippen LogP contribution in [0.5, 0.6) is 0 Å². The second-order valence-corrected chi connectivity index (χ2v) is 9.21. The Bertz CT molecular complexity index is 1430. The Hall–Kier alpha value is -4.07. The summed E-state index contributed by atoms with van der Waals surface area (Å²) in [4.78, 5) is 27.0. The number of nitrogens with zero attached hydrogens (tertiary/aromatic N) is 2. The van der Waals surface area contributed by atoms with Gasteiger partial charge in [-0.2, -0.15) is 5.10 Å². The number of piperidine rings is 1. The van der Waals surface area contributed by atoms with Crippen LogP contribution in [0.2, 0.25) is 0 Å². The van der Waals surface area contributed by atoms with E-state index in [4.69, 9.17) is 4.42 Å². The summed E-state index contributed by atoms with van der Waals surface area (Å²) in [5.74, 6) is -0.131. The molecule has 1 aliphatic heterocycles. The number of anilines is 2. The normalized spacial score (nSPS) is 16.9. The molecular formula is C27H28N4O4. The predicted octanol–water partition coefficient (Wildman–Crippen LogP) is 5.08. The summed E-state index contributed by atoms with van der Waals surface area (Å²) >= 11 is 0. The Labute approximate surface area is 202 Å². The van der Waals surface area contributed by atoms with Crippen molar-refractivity contribution in [1.29, 1.82) is 0 Å². The van der Waals surface area contributed by atoms with Crippen molar-refractivity contribution in [3.8, 4) is 0 Å². The highest BCUT2D eigenvalue weighted by Crippen LogP contribution is 2.33. The van der Waals surface area contributed by atoms with Gasteiger partial charge >= 0.3 is 5.97 Å². The van der Waals surface area contributed by atoms with Gasteiger partial charge in [-0.3, -0.25) is 9.89 Å². The molecule has 8 nitrogen and oxygen atoms in total. The van der Waals surface area contributed by atoms with Crippen LogP contribution in [0.3, 0.4) is 0 Å². The zero-order valence-corrected chi connectivity index (χ0v) is 19.7. The number of rotatable bonds is 6. The molecule has 0 radical (unpaired) electrons. The van der Waals surface area contributed by atoms with Crippen LogP contribution in [-0.2, 0) is 0 Å². The van der Waals surface area contributed by atoms with Crippen molar-refractivity contribution in [1.82, 2.24) is 10.2 Å². The average molecular weight is 473 g/mol. The van der Waals surface area contributed by atoms with Crippen LogP contribution in [0.4, 0.5) is 11.6 Å². The first-order chi connectivity index (χ1) is 16.9. The lowest BCUT2D eigenvalue weighted by molar-refractivity contribution is 0.0698. The Kier molecular flexibility index (Phi) is 6.03. The van der Waals surface area contributed by atoms with Gasteiger partial charge in [0.1, 0.15) is 5.58 Å². The molecule has 35 heavy (non-hydrogen) atoms. The van der Waals surface area contributed by atoms with Crippen molar-refractivity contribution < 1.29 is 14.3 Å². The number of hydrogen-bond acceptors (Lipinski definition) is 6. The lowest BCUT2D eigenvalue weighted by Gasteiger charge is -2.33. The topological polar surface area (TPSA) is 111 Å². The second-order valence-electron chi connectivity index (χ2n) is 9.21. The number of carbonyl (C=O) groups is 1. The highest BCUT2D eigenvalue weighted by Gasteiger charge is 2.25. The summed E-state index contributed by atoms with van der Waals surface area (Å²) in [7, 11) is 0. The van der Waals surface area contributed by atoms with Crippen LogP contribution in [0.15, 0.2) is 64.1 Å². The number of aromatic amines is 1. The summed E-state index contributed by atoms with van der Waals surface area (Å²) in [6.07, 6.45) is 5.83. The molecule has 0 unspecified atom stereocenters. The monoisotopic (exact) mass is 472 g/mol. The summed E-state index contributed by atoms with van der Waals surface area (Å²) in [5, 5.41) is 20.4. The zero-order valence-electron chi connectivity index (χ0n) is 19.7. The maximum atomic E-state index is 13.2. The number of nitrogens with one attached hydrogen (secondary N) is 2. The van der Waals surface area contributed by atoms with Gasteiger partial charge in [-0.05, 0) is 56.0 Å². The molecule has 4 aromatic rings. The van der Waals surface area contributed by atoms with Crippen LogP contribution in [0, 0.1) is 6.92 Å². The first-order valence-corrected chi connectivity index (χ1v) is 11.8. The lowest BCUT2D eigenvalue weighted by Crippen LogP contribution is -2.34. The van der Waals surface area contributed by atoms with E-state index in [0.29, 0.717) is 28.5 Å². The van der Waals surface area contributed by atoms with E-state index in [1.807, 2.05) is 38.4 Å². The number of aromatic nitrogens is 2. The maximum Gasteiger partial charge on any atom is 0.337 e. The Balaban J connectivity index is 1.53. The van der Waals surface area contributed by atoms with Crippen molar-refractivity contribution in [3.05, 3.63) is 87.3 Å². The third-order valence-corrected chi connectivity index (χ3v) is 6.71. The summed E-state index contributed by atoms with van der Waals surface area (Å²) in [5.41, 5.74) is 4.04. The Morgan fingerprint density at radius 1 is 1.29 bits per heavy atom. The summed E-state index contributed by atoms with van der Waals surface area (Å²) in [6.45, 7) is 5.43. The molecule has 2 aromatic carbocycles. The Morgan fingerprint density at radius 3 is 2.89 bits per heavy atom. The third-order valence-electron chi connectivity index (χ3n) is 6.71. The number of fused-ring (bicyclic) bond motifs is 1. The fraction of sp³-hybridized carbons (Fsp3) is 0.296. The minimum absolute atomic E-state index is 0.0882. The van der Waals surface area contributed by atoms with E-state index in [1.165, 1.54) is 0 Å². The van der Waals surface area contributed by atoms with Gasteiger partial charge in [0, 0.05) is 42.5 Å². The molecule has 0 spiro atoms. The Morgan fingerprint density at radius 2 is 2.11 bits per heavy atom. The van der Waals surface area contributed by atoms with Crippen molar-refractivity contribution in [2.75, 3.05) is 23.3 Å². The number of aryl methyl sites for hydroxylation is 1. The highest BCUT2D eigenvalue weighted by molar-refractivity contribution is 5.94. The highest BCUT2D eigenvalue weighted by atomic mass is 16.4. The molecule has 0 saturated carbocycles. The van der Waals surface area contributed by atoms with Crippen molar-refractivity contribution in [2.45, 2.75) is 38.6 Å². The van der Waals surface area contributed by atoms with Crippen LogP contribution < -0.4 is 15.6 Å². The fourth-order valence-electron chi connectivity index (χ4n) is 4.94. The molecule has 2 aromatic heterocycles. The first-order valence-electron chi connectivity index (χ1n) is 11.8. The van der Waals surface area contributed by atoms with Gasteiger partial charge in [0.05, 0.1) is 23.2 Å². The standard InChI is InChI=1S/C27H28N4O4/c1-16-10-21(17(2)30-23-8-4-3-7-20(23)27(33)34)26-22(11-16)24(32)12-25(35-26)31-9-5-6-18(15-31)19-13-28-29-14-19/h3-4,7-8,10-14,17-18,30H,5-6,9,15H2,1-2H3,(H,28,29)(H,33,34)/t17-,18+/m1/s1. The van der Waals surface area contributed by atoms with Gasteiger partial charge in [0.25, 0.3) is 0 Å². The van der Waals surface area contributed by atoms with Crippen LogP contribution >= 0.6 is 0 Å². The van der Waals surface area contributed by atoms with E-state index in [1.54, 1.807) is 30.3 Å². The molecule has 1 saturated heterocycles. The smallest absolute Gasteiger partial charge is 0.337 e. The molecular weight excluding hydrogens is 444 g/mol. The summed E-state index contributed by atoms with van der Waals surface area (Å²) < 4.78 is 6.42. The second kappa shape index (κ2) is 9.29. The SMILES string of the molecule is Cc1cc([C@@H](C)Nc2ccccc2C(=O)O)c2oc(N3CCC[C@H](c4cn[nH]c4)C3)cc(=O)c2c1. The number of para-hydroxylation sites is 1. The number of aromatic carboxylic acids is 1. The molecule has 8 heteroatoms. The van der Waals surface area contributed by atoms with Gasteiger partial charge in [0.15, 0.2) is 11.3 Å². The van der Waals surface area contributed by atoms with E-state index < -0.39 is 5.97 Å². The number of carboxylic acids is 1. The summed E-state index contributed by atoms with van der Waals surface area (Å²) in [6, 6.07) is 11.9. The van der Waals surface area contributed by atoms with Gasteiger partial charge in [0.2, 0.25) is 0 Å². The van der Waals surface area contributed by atoms with E-state index in [-0.39, 0.29) is 17.0 Å². The van der Waals surface area contributed by atoms with Gasteiger partial charge in [-0.15, -0.1) is 0 Å². The molecule has 0 amide bonds. The van der Waals surface area contributed by atoms with Crippen LogP contribution in [-0.4, -0.2) is 34.4 Å². The molecule has 0 bridgehead atoms. The van der Waals surface area contributed by atoms with Crippen molar-refractivity contribution in [2.24, 2.45) is 0 Å². The molecule has 3 heterocycles. The number of carboxylic acid groups (broad SMARTS) is 1. The zero-order chi connectivity index (χ0) is 24.5. The van der Waals surface area contributed by atoms with Crippen LogP contribution in [0.25, 0.3) is 11.0 Å². The van der Waals surface area contributed by atoms with Gasteiger partial charge < -0.3 is 19.7 Å². The molecule has 1 aliphatic rings. The third kappa shape index (κ3) is 4.51. The van der Waals surface area contributed by atoms with Gasteiger partial charge in [-0.25, -0.2) is 4.79 Å². The van der Waals surface area contributed by atoms with E-state index in [2.05, 4.69) is 20.4 Å². The predicted molar refractivity (Wildman–Crippen MR) is 135 cm³/mol. The molecule has 180 valence electrons. The first kappa shape index (κ1) is 22.7. The number of H-pyrrole nitrogens is 1. The molecule has 0 aliphatic carbocycles. The maximum absolute atomic E-state index is 13.2. The number of hydrogen-bond donors (Lipinski definition) is 3. The molecule has 2 atom stereocenters. The number of benzene rings is 2. The lowest BCUT2D eigenvalue weighted by atomic mass is 9.93. The van der Waals surface area contributed by atoms with Crippen molar-refractivity contribution in [3.63, 3.8) is 0 Å². The van der Waals surface area contributed by atoms with E-state index >= 15 is 0 Å². The molecule has 3 N–H and O–H groups in total. The quantitative estimate of drug-likeness (QED) is 0.359. The minimum Gasteiger partial charge on any atom is -0.478 e. The molecule has 1 fully saturated rings. The van der Waals surface area contributed by atoms with Gasteiger partial charge in [-0.1, -0.05) is 18.2 Å². The fourth-order valence-corrected chi connectivity index (χ4v) is 4.94. The van der Waals surface area contributed by atoms with Crippen LogP contribution in [0.1, 0.15) is 58.8 Å². The largest absolute Gasteiger partial charge is 0.478 e. The molecule has 5 rings (SSSR count). The minimum atomic E-state index is -1.000. The van der Waals surface area contributed by atoms with Crippen molar-refractivity contribution >= 4 is 28.5 Å². The van der Waals surface area contributed by atoms with E-state index in [0.717, 1.165) is 42.6 Å². The average Bonchev–Trinajstić information content (AvgIpc) is 3.39. The van der Waals surface area contributed by atoms with E-state index in [9.17, 15) is 14.7 Å².